The van der Waals surface area contributed by atoms with Gasteiger partial charge in [-0.25, -0.2) is 0 Å². The van der Waals surface area contributed by atoms with E-state index < -0.39 is 0 Å². The summed E-state index contributed by atoms with van der Waals surface area (Å²) in [7, 11) is 0.624. The maximum Gasteiger partial charge on any atom is 0.0473 e. The Morgan fingerprint density at radius 1 is 0.594 bits per heavy atom. The number of allylic oxidation sites excluding steroid dienone is 2. The number of nitrogens with zero attached hydrogens (tertiary/aromatic N) is 1. The van der Waals surface area contributed by atoms with Crippen LogP contribution in [-0.4, -0.2) is 4.57 Å². The zero-order valence-corrected chi connectivity index (χ0v) is 18.8. The normalized spacial score (nSPS) is 15.4. The molecule has 0 aliphatic carbocycles. The summed E-state index contributed by atoms with van der Waals surface area (Å²) in [6.45, 7) is 0.875. The Balaban J connectivity index is 1.50. The molecule has 0 spiro atoms. The van der Waals surface area contributed by atoms with Crippen LogP contribution < -0.4 is 10.6 Å². The molecule has 2 heterocycles. The number of rotatable bonds is 2. The fraction of sp³-hybridized carbons (Fsp3) is 0.0667. The predicted molar refractivity (Wildman–Crippen MR) is 140 cm³/mol. The summed E-state index contributed by atoms with van der Waals surface area (Å²) in [6, 6.07) is 35.3. The lowest BCUT2D eigenvalue weighted by Crippen LogP contribution is -2.14. The summed E-state index contributed by atoms with van der Waals surface area (Å²) in [5, 5.41) is 5.42. The quantitative estimate of drug-likeness (QED) is 0.280. The number of aromatic nitrogens is 1. The smallest absolute Gasteiger partial charge is 0.0473 e. The van der Waals surface area contributed by atoms with Crippen molar-refractivity contribution in [2.75, 3.05) is 0 Å². The van der Waals surface area contributed by atoms with Crippen molar-refractivity contribution >= 4 is 35.5 Å². The maximum atomic E-state index is 2.45. The molecule has 1 aliphatic rings. The minimum atomic E-state index is 0.624. The van der Waals surface area contributed by atoms with Gasteiger partial charge >= 0.3 is 0 Å². The van der Waals surface area contributed by atoms with Crippen molar-refractivity contribution in [3.63, 3.8) is 0 Å². The van der Waals surface area contributed by atoms with Crippen molar-refractivity contribution in [3.05, 3.63) is 127 Å². The highest BCUT2D eigenvalue weighted by Crippen LogP contribution is 2.31. The van der Waals surface area contributed by atoms with Crippen molar-refractivity contribution in [2.45, 2.75) is 13.0 Å². The molecule has 0 saturated carbocycles. The molecule has 5 aromatic rings. The van der Waals surface area contributed by atoms with Gasteiger partial charge in [-0.05, 0) is 55.6 Å². The molecule has 0 amide bonds. The van der Waals surface area contributed by atoms with Crippen molar-refractivity contribution in [2.24, 2.45) is 0 Å². The third kappa shape index (κ3) is 3.60. The van der Waals surface area contributed by atoms with Crippen LogP contribution in [-0.2, 0) is 13.0 Å². The fourth-order valence-corrected chi connectivity index (χ4v) is 6.11. The Hall–Kier alpha value is -3.41. The molecule has 1 atom stereocenters. The second kappa shape index (κ2) is 8.26. The van der Waals surface area contributed by atoms with Crippen LogP contribution in [0.15, 0.2) is 116 Å². The molecule has 154 valence electrons. The van der Waals surface area contributed by atoms with Gasteiger partial charge in [-0.1, -0.05) is 112 Å². The molecule has 0 N–H and O–H groups in total. The van der Waals surface area contributed by atoms with E-state index in [-0.39, 0.29) is 0 Å². The molecule has 0 radical (unpaired) electrons. The van der Waals surface area contributed by atoms with Gasteiger partial charge in [0.1, 0.15) is 0 Å². The van der Waals surface area contributed by atoms with Gasteiger partial charge in [-0.15, -0.1) is 0 Å². The zero-order valence-electron chi connectivity index (χ0n) is 17.8. The molecule has 1 unspecified atom stereocenters. The first-order valence-corrected chi connectivity index (χ1v) is 12.1. The van der Waals surface area contributed by atoms with Gasteiger partial charge in [0.25, 0.3) is 0 Å². The van der Waals surface area contributed by atoms with Crippen LogP contribution in [0.3, 0.4) is 0 Å². The number of hydrogen-bond acceptors (Lipinski definition) is 0. The molecule has 1 aliphatic heterocycles. The van der Waals surface area contributed by atoms with Crippen LogP contribution in [0, 0.1) is 0 Å². The number of benzene rings is 4. The number of hydrogen-bond donors (Lipinski definition) is 0. The van der Waals surface area contributed by atoms with Crippen LogP contribution in [0.5, 0.6) is 0 Å². The Kier molecular flexibility index (Phi) is 4.98. The van der Waals surface area contributed by atoms with Crippen molar-refractivity contribution < 1.29 is 0 Å². The monoisotopic (exact) mass is 429 g/mol. The predicted octanol–water partition coefficient (Wildman–Crippen LogP) is 6.58. The first-order valence-electron chi connectivity index (χ1n) is 11.1. The minimum absolute atomic E-state index is 0.624. The lowest BCUT2D eigenvalue weighted by Gasteiger charge is -2.19. The Labute approximate surface area is 190 Å². The van der Waals surface area contributed by atoms with E-state index in [1.165, 1.54) is 49.2 Å². The van der Waals surface area contributed by atoms with E-state index >= 15 is 0 Å². The summed E-state index contributed by atoms with van der Waals surface area (Å²) in [6.07, 6.45) is 7.91. The van der Waals surface area contributed by atoms with Crippen molar-refractivity contribution in [3.8, 4) is 11.1 Å². The largest absolute Gasteiger partial charge is 0.349 e. The molecule has 6 rings (SSSR count). The maximum absolute atomic E-state index is 2.45. The van der Waals surface area contributed by atoms with Gasteiger partial charge in [0.15, 0.2) is 0 Å². The first-order chi connectivity index (χ1) is 15.8. The fourth-order valence-electron chi connectivity index (χ4n) is 4.73. The molecule has 0 fully saturated rings. The van der Waals surface area contributed by atoms with Crippen LogP contribution in [0.4, 0.5) is 0 Å². The molecular formula is C30H24NP. The van der Waals surface area contributed by atoms with Gasteiger partial charge < -0.3 is 4.57 Å². The van der Waals surface area contributed by atoms with Crippen LogP contribution in [0.2, 0.25) is 0 Å². The van der Waals surface area contributed by atoms with E-state index in [0.29, 0.717) is 8.58 Å². The first kappa shape index (κ1) is 19.3. The third-order valence-corrected chi connectivity index (χ3v) is 7.71. The summed E-state index contributed by atoms with van der Waals surface area (Å²) in [5.74, 6) is 0. The molecule has 0 bridgehead atoms. The van der Waals surface area contributed by atoms with Gasteiger partial charge in [-0.3, -0.25) is 0 Å². The Morgan fingerprint density at radius 2 is 1.16 bits per heavy atom. The molecule has 1 aromatic heterocycles. The second-order valence-corrected chi connectivity index (χ2v) is 9.69. The summed E-state index contributed by atoms with van der Waals surface area (Å²) in [5.41, 5.74) is 6.88. The SMILES string of the molecule is C1=C(/Cn2cc3ccccc3c2)c2ccccc2Pc2ccccc2-c2ccccc2C/1. The molecule has 2 heteroatoms. The summed E-state index contributed by atoms with van der Waals surface area (Å²) >= 11 is 0. The average molecular weight is 430 g/mol. The summed E-state index contributed by atoms with van der Waals surface area (Å²) in [4.78, 5) is 0. The van der Waals surface area contributed by atoms with Gasteiger partial charge in [0.2, 0.25) is 0 Å². The van der Waals surface area contributed by atoms with E-state index in [0.717, 1.165) is 13.0 Å². The molecule has 32 heavy (non-hydrogen) atoms. The highest BCUT2D eigenvalue weighted by Gasteiger charge is 2.15. The highest BCUT2D eigenvalue weighted by molar-refractivity contribution is 7.56. The Morgan fingerprint density at radius 3 is 1.91 bits per heavy atom. The van der Waals surface area contributed by atoms with Crippen LogP contribution in [0.25, 0.3) is 27.5 Å². The topological polar surface area (TPSA) is 4.93 Å². The highest BCUT2D eigenvalue weighted by atomic mass is 31.1. The van der Waals surface area contributed by atoms with Gasteiger partial charge in [-0.2, -0.15) is 0 Å². The number of fused-ring (bicyclic) bond motifs is 5. The van der Waals surface area contributed by atoms with E-state index in [4.69, 9.17) is 0 Å². The van der Waals surface area contributed by atoms with E-state index in [1.807, 2.05) is 0 Å². The lowest BCUT2D eigenvalue weighted by atomic mass is 9.95. The van der Waals surface area contributed by atoms with Gasteiger partial charge in [0.05, 0.1) is 0 Å². The third-order valence-electron chi connectivity index (χ3n) is 6.30. The average Bonchev–Trinajstić information content (AvgIpc) is 3.25. The van der Waals surface area contributed by atoms with Gasteiger partial charge in [0, 0.05) is 18.9 Å². The Bertz CT molecular complexity index is 1420. The standard InChI is InChI=1S/C30H24NP/c1-2-11-24-20-31(19-23(24)10-1)21-25-18-17-22-9-3-4-12-26(22)28-14-6-8-16-30(28)32-29-15-7-5-13-27(25)29/h1-16,18-20,32H,17,21H2/b25-18-. The van der Waals surface area contributed by atoms with E-state index in [2.05, 4.69) is 120 Å². The zero-order chi connectivity index (χ0) is 21.3. The van der Waals surface area contributed by atoms with E-state index in [1.54, 1.807) is 0 Å². The van der Waals surface area contributed by atoms with Crippen LogP contribution in [0.1, 0.15) is 11.1 Å². The minimum Gasteiger partial charge on any atom is -0.349 e. The van der Waals surface area contributed by atoms with E-state index in [9.17, 15) is 0 Å². The molecule has 0 saturated heterocycles. The molecular weight excluding hydrogens is 405 g/mol. The van der Waals surface area contributed by atoms with Crippen molar-refractivity contribution in [1.29, 1.82) is 0 Å². The van der Waals surface area contributed by atoms with Crippen molar-refractivity contribution in [1.82, 2.24) is 4.57 Å². The molecule has 4 aromatic carbocycles. The second-order valence-electron chi connectivity index (χ2n) is 8.37. The van der Waals surface area contributed by atoms with Crippen LogP contribution >= 0.6 is 8.58 Å². The molecule has 1 nitrogen and oxygen atoms in total. The lowest BCUT2D eigenvalue weighted by molar-refractivity contribution is 0.847. The summed E-state index contributed by atoms with van der Waals surface area (Å²) < 4.78 is 2.34.